The Kier molecular flexibility index (Phi) is 5.58. The van der Waals surface area contributed by atoms with E-state index in [2.05, 4.69) is 21.2 Å². The predicted molar refractivity (Wildman–Crippen MR) is 89.1 cm³/mol. The van der Waals surface area contributed by atoms with E-state index in [1.165, 1.54) is 0 Å². The number of ether oxygens (including phenoxy) is 1. The van der Waals surface area contributed by atoms with Gasteiger partial charge >= 0.3 is 0 Å². The molecule has 106 valence electrons. The second-order valence-corrected chi connectivity index (χ2v) is 5.87. The highest BCUT2D eigenvalue weighted by molar-refractivity contribution is 9.10. The van der Waals surface area contributed by atoms with Gasteiger partial charge in [-0.15, -0.1) is 0 Å². The summed E-state index contributed by atoms with van der Waals surface area (Å²) >= 11 is 15.5. The van der Waals surface area contributed by atoms with Crippen molar-refractivity contribution in [1.82, 2.24) is 0 Å². The summed E-state index contributed by atoms with van der Waals surface area (Å²) in [6.07, 6.45) is 0. The average Bonchev–Trinajstić information content (AvgIpc) is 2.43. The molecule has 0 amide bonds. The zero-order chi connectivity index (χ0) is 14.5. The van der Waals surface area contributed by atoms with Gasteiger partial charge in [0.15, 0.2) is 0 Å². The normalized spacial score (nSPS) is 10.4. The molecule has 2 rings (SSSR count). The summed E-state index contributed by atoms with van der Waals surface area (Å²) in [5.74, 6) is 0.792. The van der Waals surface area contributed by atoms with Gasteiger partial charge in [0.2, 0.25) is 0 Å². The maximum Gasteiger partial charge on any atom is 0.142 e. The van der Waals surface area contributed by atoms with E-state index in [4.69, 9.17) is 27.9 Å². The van der Waals surface area contributed by atoms with E-state index >= 15 is 0 Å². The molecule has 0 aliphatic rings. The first kappa shape index (κ1) is 15.5. The van der Waals surface area contributed by atoms with Gasteiger partial charge in [-0.25, -0.2) is 0 Å². The van der Waals surface area contributed by atoms with Crippen LogP contribution in [-0.4, -0.2) is 6.61 Å². The standard InChI is InChI=1S/C15H14BrCl2NO/c1-2-20-15-6-4-11(17)8-14(15)19-9-10-3-5-12(16)13(18)7-10/h3-8,19H,2,9H2,1H3. The summed E-state index contributed by atoms with van der Waals surface area (Å²) in [7, 11) is 0. The van der Waals surface area contributed by atoms with Gasteiger partial charge in [0.1, 0.15) is 5.75 Å². The van der Waals surface area contributed by atoms with Crippen molar-refractivity contribution in [3.05, 3.63) is 56.5 Å². The molecule has 0 aromatic heterocycles. The van der Waals surface area contributed by atoms with Gasteiger partial charge in [0.05, 0.1) is 17.3 Å². The lowest BCUT2D eigenvalue weighted by molar-refractivity contribution is 0.341. The topological polar surface area (TPSA) is 21.3 Å². The maximum absolute atomic E-state index is 6.08. The molecule has 0 spiro atoms. The van der Waals surface area contributed by atoms with E-state index in [9.17, 15) is 0 Å². The molecule has 0 unspecified atom stereocenters. The molecule has 2 aromatic carbocycles. The predicted octanol–water partition coefficient (Wildman–Crippen LogP) is 5.77. The molecule has 0 fully saturated rings. The van der Waals surface area contributed by atoms with Crippen LogP contribution in [0.15, 0.2) is 40.9 Å². The minimum absolute atomic E-state index is 0.612. The highest BCUT2D eigenvalue weighted by atomic mass is 79.9. The number of halogens is 3. The molecular weight excluding hydrogens is 361 g/mol. The van der Waals surface area contributed by atoms with Gasteiger partial charge in [0.25, 0.3) is 0 Å². The molecule has 1 N–H and O–H groups in total. The largest absolute Gasteiger partial charge is 0.492 e. The minimum Gasteiger partial charge on any atom is -0.492 e. The fourth-order valence-electron chi connectivity index (χ4n) is 1.77. The van der Waals surface area contributed by atoms with Crippen LogP contribution in [0.2, 0.25) is 10.0 Å². The molecule has 0 aliphatic heterocycles. The quantitative estimate of drug-likeness (QED) is 0.717. The zero-order valence-corrected chi connectivity index (χ0v) is 14.0. The van der Waals surface area contributed by atoms with Crippen LogP contribution in [0, 0.1) is 0 Å². The van der Waals surface area contributed by atoms with Crippen molar-refractivity contribution in [2.24, 2.45) is 0 Å². The zero-order valence-electron chi connectivity index (χ0n) is 10.9. The van der Waals surface area contributed by atoms with E-state index in [-0.39, 0.29) is 0 Å². The molecule has 20 heavy (non-hydrogen) atoms. The second-order valence-electron chi connectivity index (χ2n) is 4.18. The number of hydrogen-bond donors (Lipinski definition) is 1. The SMILES string of the molecule is CCOc1ccc(Cl)cc1NCc1ccc(Br)c(Cl)c1. The Morgan fingerprint density at radius 1 is 1.15 bits per heavy atom. The lowest BCUT2D eigenvalue weighted by atomic mass is 10.2. The lowest BCUT2D eigenvalue weighted by Gasteiger charge is -2.13. The summed E-state index contributed by atoms with van der Waals surface area (Å²) in [5, 5.41) is 4.68. The third kappa shape index (κ3) is 4.05. The van der Waals surface area contributed by atoms with Crippen molar-refractivity contribution < 1.29 is 4.74 Å². The summed E-state index contributed by atoms with van der Waals surface area (Å²) in [6.45, 7) is 3.21. The highest BCUT2D eigenvalue weighted by Gasteiger charge is 2.05. The molecule has 2 nitrogen and oxygen atoms in total. The molecule has 0 saturated carbocycles. The third-order valence-electron chi connectivity index (χ3n) is 2.71. The Balaban J connectivity index is 2.13. The van der Waals surface area contributed by atoms with Gasteiger partial charge in [-0.2, -0.15) is 0 Å². The molecule has 0 heterocycles. The van der Waals surface area contributed by atoms with Crippen molar-refractivity contribution >= 4 is 44.8 Å². The number of benzene rings is 2. The summed E-state index contributed by atoms with van der Waals surface area (Å²) in [5.41, 5.74) is 1.96. The first-order valence-corrected chi connectivity index (χ1v) is 7.75. The van der Waals surface area contributed by atoms with Crippen molar-refractivity contribution in [2.45, 2.75) is 13.5 Å². The van der Waals surface area contributed by atoms with Crippen LogP contribution >= 0.6 is 39.1 Å². The molecule has 0 bridgehead atoms. The van der Waals surface area contributed by atoms with Crippen LogP contribution in [-0.2, 0) is 6.54 Å². The number of nitrogens with one attached hydrogen (secondary N) is 1. The van der Waals surface area contributed by atoms with Gasteiger partial charge in [-0.05, 0) is 58.7 Å². The minimum atomic E-state index is 0.612. The Labute approximate surface area is 137 Å². The number of hydrogen-bond acceptors (Lipinski definition) is 2. The summed E-state index contributed by atoms with van der Waals surface area (Å²) in [4.78, 5) is 0. The first-order chi connectivity index (χ1) is 9.60. The third-order valence-corrected chi connectivity index (χ3v) is 4.18. The molecule has 0 radical (unpaired) electrons. The van der Waals surface area contributed by atoms with Crippen molar-refractivity contribution in [3.8, 4) is 5.75 Å². The van der Waals surface area contributed by atoms with Gasteiger partial charge in [-0.3, -0.25) is 0 Å². The Morgan fingerprint density at radius 3 is 2.65 bits per heavy atom. The van der Waals surface area contributed by atoms with Crippen LogP contribution in [0.4, 0.5) is 5.69 Å². The summed E-state index contributed by atoms with van der Waals surface area (Å²) < 4.78 is 6.46. The molecular formula is C15H14BrCl2NO. The number of rotatable bonds is 5. The lowest BCUT2D eigenvalue weighted by Crippen LogP contribution is -2.02. The van der Waals surface area contributed by atoms with E-state index in [0.29, 0.717) is 23.2 Å². The van der Waals surface area contributed by atoms with Crippen molar-refractivity contribution in [3.63, 3.8) is 0 Å². The Bertz CT molecular complexity index is 604. The fraction of sp³-hybridized carbons (Fsp3) is 0.200. The first-order valence-electron chi connectivity index (χ1n) is 6.20. The molecule has 0 saturated heterocycles. The molecule has 0 aliphatic carbocycles. The van der Waals surface area contributed by atoms with E-state index in [0.717, 1.165) is 21.5 Å². The van der Waals surface area contributed by atoms with Crippen molar-refractivity contribution in [1.29, 1.82) is 0 Å². The van der Waals surface area contributed by atoms with Crippen LogP contribution < -0.4 is 10.1 Å². The Morgan fingerprint density at radius 2 is 1.95 bits per heavy atom. The van der Waals surface area contributed by atoms with Gasteiger partial charge in [-0.1, -0.05) is 29.3 Å². The van der Waals surface area contributed by atoms with Gasteiger partial charge in [0, 0.05) is 16.0 Å². The second kappa shape index (κ2) is 7.21. The molecule has 2 aromatic rings. The van der Waals surface area contributed by atoms with E-state index in [1.54, 1.807) is 0 Å². The maximum atomic E-state index is 6.08. The van der Waals surface area contributed by atoms with Crippen LogP contribution in [0.3, 0.4) is 0 Å². The van der Waals surface area contributed by atoms with Crippen molar-refractivity contribution in [2.75, 3.05) is 11.9 Å². The monoisotopic (exact) mass is 373 g/mol. The Hall–Kier alpha value is -0.900. The molecule has 5 heteroatoms. The number of anilines is 1. The van der Waals surface area contributed by atoms with Gasteiger partial charge < -0.3 is 10.1 Å². The highest BCUT2D eigenvalue weighted by Crippen LogP contribution is 2.29. The van der Waals surface area contributed by atoms with Crippen LogP contribution in [0.25, 0.3) is 0 Å². The smallest absolute Gasteiger partial charge is 0.142 e. The summed E-state index contributed by atoms with van der Waals surface area (Å²) in [6, 6.07) is 11.4. The van der Waals surface area contributed by atoms with Crippen LogP contribution in [0.5, 0.6) is 5.75 Å². The van der Waals surface area contributed by atoms with E-state index < -0.39 is 0 Å². The molecule has 0 atom stereocenters. The van der Waals surface area contributed by atoms with E-state index in [1.807, 2.05) is 43.3 Å². The fourth-order valence-corrected chi connectivity index (χ4v) is 2.39. The van der Waals surface area contributed by atoms with Crippen LogP contribution in [0.1, 0.15) is 12.5 Å². The average molecular weight is 375 g/mol.